The molecule has 6 heteroatoms. The van der Waals surface area contributed by atoms with Crippen molar-refractivity contribution < 1.29 is 14.4 Å². The van der Waals surface area contributed by atoms with Crippen LogP contribution < -0.4 is 5.32 Å². The van der Waals surface area contributed by atoms with E-state index in [9.17, 15) is 14.4 Å². The Morgan fingerprint density at radius 1 is 0.882 bits per heavy atom. The van der Waals surface area contributed by atoms with Crippen molar-refractivity contribution in [2.75, 3.05) is 5.32 Å². The summed E-state index contributed by atoms with van der Waals surface area (Å²) in [5.74, 6) is -0.902. The Hall–Kier alpha value is -3.80. The topological polar surface area (TPSA) is 79.4 Å². The molecule has 34 heavy (non-hydrogen) atoms. The van der Waals surface area contributed by atoms with Gasteiger partial charge in [0, 0.05) is 23.7 Å². The Bertz CT molecular complexity index is 1340. The minimum absolute atomic E-state index is 0.0222. The Balaban J connectivity index is 1.13. The van der Waals surface area contributed by atoms with Crippen molar-refractivity contribution in [3.8, 4) is 0 Å². The van der Waals surface area contributed by atoms with Crippen LogP contribution in [0.2, 0.25) is 0 Å². The second-order valence-electron chi connectivity index (χ2n) is 9.91. The fraction of sp³-hybridized carbons (Fsp3) is 0.286. The first-order valence-corrected chi connectivity index (χ1v) is 11.8. The van der Waals surface area contributed by atoms with Crippen LogP contribution in [0.25, 0.3) is 10.8 Å². The van der Waals surface area contributed by atoms with Crippen molar-refractivity contribution in [1.29, 1.82) is 0 Å². The van der Waals surface area contributed by atoms with Gasteiger partial charge in [0.05, 0.1) is 24.1 Å². The molecule has 1 N–H and O–H groups in total. The van der Waals surface area contributed by atoms with E-state index in [1.807, 2.05) is 54.6 Å². The van der Waals surface area contributed by atoms with Gasteiger partial charge < -0.3 is 5.32 Å². The number of likely N-dealkylation sites (tertiary alicyclic amines) is 1. The van der Waals surface area contributed by atoms with Gasteiger partial charge in [0.1, 0.15) is 0 Å². The molecule has 6 atom stereocenters. The predicted octanol–water partition coefficient (Wildman–Crippen LogP) is 3.65. The molecule has 2 bridgehead atoms. The third-order valence-electron chi connectivity index (χ3n) is 8.32. The summed E-state index contributed by atoms with van der Waals surface area (Å²) in [6.07, 6.45) is 7.69. The lowest BCUT2D eigenvalue weighted by molar-refractivity contribution is -0.141. The van der Waals surface area contributed by atoms with Gasteiger partial charge in [0.25, 0.3) is 0 Å². The van der Waals surface area contributed by atoms with Crippen molar-refractivity contribution >= 4 is 34.2 Å². The number of imide groups is 1. The first kappa shape index (κ1) is 19.6. The predicted molar refractivity (Wildman–Crippen MR) is 126 cm³/mol. The number of anilines is 1. The van der Waals surface area contributed by atoms with E-state index >= 15 is 0 Å². The molecule has 3 aromatic rings. The molecule has 8 rings (SSSR count). The van der Waals surface area contributed by atoms with E-state index in [0.29, 0.717) is 6.54 Å². The molecule has 1 saturated heterocycles. The highest BCUT2D eigenvalue weighted by Crippen LogP contribution is 2.69. The molecule has 2 saturated carbocycles. The molecule has 5 aliphatic rings. The number of nitrogens with one attached hydrogen (secondary N) is 1. The normalized spacial score (nSPS) is 32.6. The summed E-state index contributed by atoms with van der Waals surface area (Å²) in [6, 6.07) is 17.4. The quantitative estimate of drug-likeness (QED) is 0.487. The van der Waals surface area contributed by atoms with E-state index in [1.165, 1.54) is 4.90 Å². The number of hydrogen-bond donors (Lipinski definition) is 1. The number of fused-ring (bicyclic) bond motifs is 1. The Morgan fingerprint density at radius 3 is 2.29 bits per heavy atom. The Labute approximate surface area is 196 Å². The molecule has 0 radical (unpaired) electrons. The summed E-state index contributed by atoms with van der Waals surface area (Å²) in [5, 5.41) is 5.04. The number of nitrogens with zero attached hydrogens (tertiary/aromatic N) is 2. The maximum Gasteiger partial charge on any atom is 0.234 e. The van der Waals surface area contributed by atoms with Crippen LogP contribution in [-0.2, 0) is 20.9 Å². The van der Waals surface area contributed by atoms with E-state index < -0.39 is 0 Å². The number of benzene rings is 2. The van der Waals surface area contributed by atoms with Crippen LogP contribution in [0.5, 0.6) is 0 Å². The van der Waals surface area contributed by atoms with Crippen LogP contribution in [0.1, 0.15) is 5.56 Å². The van der Waals surface area contributed by atoms with Crippen LogP contribution in [0.15, 0.2) is 79.1 Å². The van der Waals surface area contributed by atoms with Crippen LogP contribution in [0, 0.1) is 41.4 Å². The van der Waals surface area contributed by atoms with Crippen molar-refractivity contribution in [3.05, 3.63) is 84.7 Å². The summed E-state index contributed by atoms with van der Waals surface area (Å²) in [5.41, 5.74) is 1.70. The maximum absolute atomic E-state index is 13.4. The monoisotopic (exact) mass is 449 g/mol. The van der Waals surface area contributed by atoms with E-state index in [-0.39, 0.29) is 59.1 Å². The van der Waals surface area contributed by atoms with Crippen LogP contribution in [0.4, 0.5) is 5.69 Å². The van der Waals surface area contributed by atoms with E-state index in [1.54, 1.807) is 12.4 Å². The van der Waals surface area contributed by atoms with Gasteiger partial charge in [-0.15, -0.1) is 0 Å². The Kier molecular flexibility index (Phi) is 4.10. The number of amides is 3. The zero-order valence-corrected chi connectivity index (χ0v) is 18.4. The molecular formula is C28H23N3O3. The van der Waals surface area contributed by atoms with Crippen LogP contribution in [0.3, 0.4) is 0 Å². The van der Waals surface area contributed by atoms with E-state index in [2.05, 4.69) is 22.5 Å². The zero-order chi connectivity index (χ0) is 23.0. The molecule has 6 nitrogen and oxygen atoms in total. The van der Waals surface area contributed by atoms with Crippen LogP contribution >= 0.6 is 0 Å². The minimum atomic E-state index is -0.341. The number of carbonyl (C=O) groups is 3. The van der Waals surface area contributed by atoms with Gasteiger partial charge in [-0.25, -0.2) is 0 Å². The highest BCUT2D eigenvalue weighted by molar-refractivity contribution is 6.07. The third kappa shape index (κ3) is 2.68. The average molecular weight is 450 g/mol. The summed E-state index contributed by atoms with van der Waals surface area (Å²) >= 11 is 0. The van der Waals surface area contributed by atoms with Crippen molar-refractivity contribution in [1.82, 2.24) is 9.88 Å². The minimum Gasteiger partial charge on any atom is -0.325 e. The van der Waals surface area contributed by atoms with Crippen LogP contribution in [-0.4, -0.2) is 27.6 Å². The SMILES string of the molecule is O=C(Nc1cccc2ccncc12)C1C2C3C=CC(C4C(=O)N(Cc5ccccc5)C(=O)C34)C12. The number of allylic oxidation sites excluding steroid dienone is 2. The number of aromatic nitrogens is 1. The molecular weight excluding hydrogens is 426 g/mol. The molecule has 4 aliphatic carbocycles. The highest BCUT2D eigenvalue weighted by atomic mass is 16.2. The molecule has 3 fully saturated rings. The number of rotatable bonds is 4. The van der Waals surface area contributed by atoms with Crippen molar-refractivity contribution in [3.63, 3.8) is 0 Å². The smallest absolute Gasteiger partial charge is 0.234 e. The van der Waals surface area contributed by atoms with Gasteiger partial charge in [-0.2, -0.15) is 0 Å². The lowest BCUT2D eigenvalue weighted by atomic mass is 9.63. The largest absolute Gasteiger partial charge is 0.325 e. The fourth-order valence-electron chi connectivity index (χ4n) is 6.88. The van der Waals surface area contributed by atoms with Gasteiger partial charge in [-0.1, -0.05) is 54.6 Å². The standard InChI is InChI=1S/C28H23N3O3/c32-26(30-20-8-4-7-16-11-12-29-13-19(16)20)25-21-17-9-10-18(22(21)25)24-23(17)27(33)31(28(24)34)14-15-5-2-1-3-6-15/h1-13,17-18,21-25H,14H2,(H,30,32). The van der Waals surface area contributed by atoms with Gasteiger partial charge in [0.15, 0.2) is 0 Å². The zero-order valence-electron chi connectivity index (χ0n) is 18.4. The summed E-state index contributed by atoms with van der Waals surface area (Å²) in [6.45, 7) is 0.319. The molecule has 3 amide bonds. The summed E-state index contributed by atoms with van der Waals surface area (Å²) < 4.78 is 0. The molecule has 2 heterocycles. The lowest BCUT2D eigenvalue weighted by Gasteiger charge is -2.37. The van der Waals surface area contributed by atoms with E-state index in [4.69, 9.17) is 0 Å². The molecule has 6 unspecified atom stereocenters. The van der Waals surface area contributed by atoms with E-state index in [0.717, 1.165) is 22.0 Å². The molecule has 2 aromatic carbocycles. The van der Waals surface area contributed by atoms with Gasteiger partial charge >= 0.3 is 0 Å². The Morgan fingerprint density at radius 2 is 1.59 bits per heavy atom. The number of pyridine rings is 1. The number of hydrogen-bond acceptors (Lipinski definition) is 4. The highest BCUT2D eigenvalue weighted by Gasteiger charge is 2.73. The summed E-state index contributed by atoms with van der Waals surface area (Å²) in [7, 11) is 0. The third-order valence-corrected chi connectivity index (χ3v) is 8.32. The number of carbonyl (C=O) groups excluding carboxylic acids is 3. The molecule has 168 valence electrons. The molecule has 1 aromatic heterocycles. The van der Waals surface area contributed by atoms with Gasteiger partial charge in [-0.05, 0) is 46.8 Å². The maximum atomic E-state index is 13.4. The first-order chi connectivity index (χ1) is 16.6. The molecule has 0 spiro atoms. The summed E-state index contributed by atoms with van der Waals surface area (Å²) in [4.78, 5) is 45.8. The lowest BCUT2D eigenvalue weighted by Crippen LogP contribution is -2.40. The van der Waals surface area contributed by atoms with Crippen molar-refractivity contribution in [2.45, 2.75) is 6.54 Å². The van der Waals surface area contributed by atoms with Crippen molar-refractivity contribution in [2.24, 2.45) is 41.4 Å². The van der Waals surface area contributed by atoms with Gasteiger partial charge in [-0.3, -0.25) is 24.3 Å². The second-order valence-corrected chi connectivity index (χ2v) is 9.91. The first-order valence-electron chi connectivity index (χ1n) is 11.8. The fourth-order valence-corrected chi connectivity index (χ4v) is 6.88. The van der Waals surface area contributed by atoms with Gasteiger partial charge in [0.2, 0.25) is 17.7 Å². The second kappa shape index (κ2) is 7.10. The average Bonchev–Trinajstić information content (AvgIpc) is 3.60. The molecule has 1 aliphatic heterocycles.